The summed E-state index contributed by atoms with van der Waals surface area (Å²) in [6, 6.07) is 1.76. The van der Waals surface area contributed by atoms with Crippen LogP contribution in [0, 0.1) is 5.92 Å². The van der Waals surface area contributed by atoms with E-state index in [4.69, 9.17) is 11.5 Å². The molecule has 23 heavy (non-hydrogen) atoms. The second kappa shape index (κ2) is 6.51. The molecule has 2 heterocycles. The van der Waals surface area contributed by atoms with E-state index in [1.807, 2.05) is 5.38 Å². The van der Waals surface area contributed by atoms with Gasteiger partial charge in [-0.2, -0.15) is 0 Å². The van der Waals surface area contributed by atoms with E-state index in [9.17, 15) is 9.59 Å². The SMILES string of the molecule is NC(=O)c1cc(-c2csc(NC(=O)C[C@@H]3CCC[C@H]3N)n2)c[nH]1. The Morgan fingerprint density at radius 1 is 1.43 bits per heavy atom. The summed E-state index contributed by atoms with van der Waals surface area (Å²) in [5.41, 5.74) is 13.0. The zero-order valence-corrected chi connectivity index (χ0v) is 13.4. The number of aromatic nitrogens is 2. The van der Waals surface area contributed by atoms with Gasteiger partial charge in [0.05, 0.1) is 5.69 Å². The lowest BCUT2D eigenvalue weighted by Crippen LogP contribution is -2.28. The largest absolute Gasteiger partial charge is 0.364 e. The summed E-state index contributed by atoms with van der Waals surface area (Å²) in [4.78, 5) is 30.3. The van der Waals surface area contributed by atoms with E-state index >= 15 is 0 Å². The summed E-state index contributed by atoms with van der Waals surface area (Å²) in [7, 11) is 0. The van der Waals surface area contributed by atoms with Crippen molar-refractivity contribution in [2.75, 3.05) is 5.32 Å². The van der Waals surface area contributed by atoms with E-state index in [1.165, 1.54) is 11.3 Å². The predicted molar refractivity (Wildman–Crippen MR) is 89.0 cm³/mol. The van der Waals surface area contributed by atoms with Gasteiger partial charge in [-0.05, 0) is 24.8 Å². The van der Waals surface area contributed by atoms with Crippen molar-refractivity contribution in [2.45, 2.75) is 31.7 Å². The molecule has 6 N–H and O–H groups in total. The van der Waals surface area contributed by atoms with Gasteiger partial charge in [0.15, 0.2) is 5.13 Å². The zero-order chi connectivity index (χ0) is 16.4. The fourth-order valence-corrected chi connectivity index (χ4v) is 3.61. The number of anilines is 1. The lowest BCUT2D eigenvalue weighted by Gasteiger charge is -2.13. The van der Waals surface area contributed by atoms with Gasteiger partial charge in [-0.3, -0.25) is 9.59 Å². The maximum atomic E-state index is 12.1. The van der Waals surface area contributed by atoms with Gasteiger partial charge >= 0.3 is 0 Å². The van der Waals surface area contributed by atoms with Crippen LogP contribution in [0.15, 0.2) is 17.6 Å². The van der Waals surface area contributed by atoms with Crippen molar-refractivity contribution in [1.29, 1.82) is 0 Å². The van der Waals surface area contributed by atoms with E-state index < -0.39 is 5.91 Å². The van der Waals surface area contributed by atoms with Crippen LogP contribution < -0.4 is 16.8 Å². The van der Waals surface area contributed by atoms with Crippen LogP contribution >= 0.6 is 11.3 Å². The molecule has 2 aromatic heterocycles. The Bertz CT molecular complexity index is 723. The minimum absolute atomic E-state index is 0.0554. The Balaban J connectivity index is 1.62. The Labute approximate surface area is 137 Å². The molecule has 7 nitrogen and oxygen atoms in total. The third kappa shape index (κ3) is 3.59. The molecule has 1 aliphatic rings. The van der Waals surface area contributed by atoms with Crippen molar-refractivity contribution in [3.05, 3.63) is 23.3 Å². The maximum Gasteiger partial charge on any atom is 0.265 e. The van der Waals surface area contributed by atoms with Gasteiger partial charge < -0.3 is 21.8 Å². The summed E-state index contributed by atoms with van der Waals surface area (Å²) in [5, 5.41) is 5.18. The van der Waals surface area contributed by atoms with Crippen molar-refractivity contribution in [1.82, 2.24) is 9.97 Å². The Morgan fingerprint density at radius 2 is 2.26 bits per heavy atom. The molecule has 1 aliphatic carbocycles. The highest BCUT2D eigenvalue weighted by Crippen LogP contribution is 2.28. The van der Waals surface area contributed by atoms with Crippen molar-refractivity contribution in [2.24, 2.45) is 17.4 Å². The molecule has 2 aromatic rings. The van der Waals surface area contributed by atoms with Gasteiger partial charge in [-0.25, -0.2) is 4.98 Å². The second-order valence-corrected chi connectivity index (χ2v) is 6.67. The van der Waals surface area contributed by atoms with E-state index in [0.717, 1.165) is 24.8 Å². The number of amides is 2. The highest BCUT2D eigenvalue weighted by Gasteiger charge is 2.26. The standard InChI is InChI=1S/C15H19N5O2S/c16-10-3-1-2-8(10)5-13(21)20-15-19-12(7-23-15)9-4-11(14(17)22)18-6-9/h4,6-8,10,18H,1-3,5,16H2,(H2,17,22)(H,19,20,21)/t8-,10+/m0/s1. The van der Waals surface area contributed by atoms with Crippen molar-refractivity contribution in [3.63, 3.8) is 0 Å². The fourth-order valence-electron chi connectivity index (χ4n) is 2.88. The highest BCUT2D eigenvalue weighted by molar-refractivity contribution is 7.14. The van der Waals surface area contributed by atoms with Crippen LogP contribution in [-0.2, 0) is 4.79 Å². The Hall–Kier alpha value is -2.19. The van der Waals surface area contributed by atoms with Crippen molar-refractivity contribution in [3.8, 4) is 11.3 Å². The molecule has 0 bridgehead atoms. The zero-order valence-electron chi connectivity index (χ0n) is 12.5. The first kappa shape index (κ1) is 15.7. The van der Waals surface area contributed by atoms with Crippen LogP contribution in [-0.4, -0.2) is 27.8 Å². The van der Waals surface area contributed by atoms with Crippen LogP contribution in [0.4, 0.5) is 5.13 Å². The summed E-state index contributed by atoms with van der Waals surface area (Å²) < 4.78 is 0. The third-order valence-corrected chi connectivity index (χ3v) is 4.92. The number of primary amides is 1. The summed E-state index contributed by atoms with van der Waals surface area (Å²) in [6.45, 7) is 0. The van der Waals surface area contributed by atoms with Gasteiger partial charge in [-0.1, -0.05) is 6.42 Å². The summed E-state index contributed by atoms with van der Waals surface area (Å²) in [5.74, 6) is -0.315. The number of nitrogens with two attached hydrogens (primary N) is 2. The Morgan fingerprint density at radius 3 is 2.91 bits per heavy atom. The minimum atomic E-state index is -0.520. The van der Waals surface area contributed by atoms with Crippen LogP contribution in [0.5, 0.6) is 0 Å². The Kier molecular flexibility index (Phi) is 4.44. The van der Waals surface area contributed by atoms with E-state index in [2.05, 4.69) is 15.3 Å². The molecule has 2 amide bonds. The van der Waals surface area contributed by atoms with Gasteiger partial charge in [0.2, 0.25) is 5.91 Å². The number of hydrogen-bond donors (Lipinski definition) is 4. The highest BCUT2D eigenvalue weighted by atomic mass is 32.1. The molecule has 2 atom stereocenters. The number of rotatable bonds is 5. The van der Waals surface area contributed by atoms with Gasteiger partial charge in [0, 0.05) is 29.6 Å². The van der Waals surface area contributed by atoms with Gasteiger partial charge in [0.25, 0.3) is 5.91 Å². The quantitative estimate of drug-likeness (QED) is 0.664. The normalized spacial score (nSPS) is 20.6. The molecule has 0 aromatic carbocycles. The lowest BCUT2D eigenvalue weighted by atomic mass is 10.00. The number of hydrogen-bond acceptors (Lipinski definition) is 5. The molecule has 0 unspecified atom stereocenters. The molecule has 1 fully saturated rings. The van der Waals surface area contributed by atoms with Gasteiger partial charge in [-0.15, -0.1) is 11.3 Å². The first-order valence-electron chi connectivity index (χ1n) is 7.52. The molecule has 122 valence electrons. The fraction of sp³-hybridized carbons (Fsp3) is 0.400. The average Bonchev–Trinajstić information content (AvgIpc) is 3.20. The van der Waals surface area contributed by atoms with E-state index in [1.54, 1.807) is 12.3 Å². The summed E-state index contributed by atoms with van der Waals surface area (Å²) >= 11 is 1.34. The van der Waals surface area contributed by atoms with Crippen LogP contribution in [0.1, 0.15) is 36.2 Å². The number of H-pyrrole nitrogens is 1. The van der Waals surface area contributed by atoms with Crippen LogP contribution in [0.3, 0.4) is 0 Å². The minimum Gasteiger partial charge on any atom is -0.364 e. The molecule has 0 aliphatic heterocycles. The first-order valence-corrected chi connectivity index (χ1v) is 8.40. The molecule has 0 spiro atoms. The molecule has 3 rings (SSSR count). The number of nitrogens with zero attached hydrogens (tertiary/aromatic N) is 1. The molecular formula is C15H19N5O2S. The number of carbonyl (C=O) groups is 2. The van der Waals surface area contributed by atoms with Crippen molar-refractivity contribution >= 4 is 28.3 Å². The van der Waals surface area contributed by atoms with Crippen LogP contribution in [0.25, 0.3) is 11.3 Å². The first-order chi connectivity index (χ1) is 11.0. The van der Waals surface area contributed by atoms with Gasteiger partial charge in [0.1, 0.15) is 5.69 Å². The topological polar surface area (TPSA) is 127 Å². The smallest absolute Gasteiger partial charge is 0.265 e. The number of thiazole rings is 1. The molecule has 8 heteroatoms. The number of nitrogens with one attached hydrogen (secondary N) is 2. The van der Waals surface area contributed by atoms with E-state index in [-0.39, 0.29) is 17.9 Å². The molecular weight excluding hydrogens is 314 g/mol. The molecule has 0 radical (unpaired) electrons. The maximum absolute atomic E-state index is 12.1. The summed E-state index contributed by atoms with van der Waals surface area (Å²) in [6.07, 6.45) is 5.20. The molecule has 0 saturated heterocycles. The number of carbonyl (C=O) groups excluding carboxylic acids is 2. The molecule has 1 saturated carbocycles. The monoisotopic (exact) mass is 333 g/mol. The second-order valence-electron chi connectivity index (χ2n) is 5.81. The van der Waals surface area contributed by atoms with Crippen molar-refractivity contribution < 1.29 is 9.59 Å². The average molecular weight is 333 g/mol. The van der Waals surface area contributed by atoms with Crippen LogP contribution in [0.2, 0.25) is 0 Å². The lowest BCUT2D eigenvalue weighted by molar-refractivity contribution is -0.117. The third-order valence-electron chi connectivity index (χ3n) is 4.16. The predicted octanol–water partition coefficient (Wildman–Crippen LogP) is 1.69. The van der Waals surface area contributed by atoms with E-state index in [0.29, 0.717) is 22.9 Å². The number of aromatic amines is 1.